The summed E-state index contributed by atoms with van der Waals surface area (Å²) in [6.45, 7) is 4.87. The highest BCUT2D eigenvalue weighted by atomic mass is 15.0. The van der Waals surface area contributed by atoms with Gasteiger partial charge in [0.15, 0.2) is 0 Å². The Labute approximate surface area is 264 Å². The third kappa shape index (κ3) is 3.74. The van der Waals surface area contributed by atoms with Crippen LogP contribution in [0.15, 0.2) is 158 Å². The molecule has 1 aliphatic carbocycles. The van der Waals surface area contributed by atoms with Crippen LogP contribution in [0.2, 0.25) is 0 Å². The van der Waals surface area contributed by atoms with Crippen molar-refractivity contribution in [1.29, 1.82) is 0 Å². The van der Waals surface area contributed by atoms with Gasteiger partial charge in [0.25, 0.3) is 0 Å². The molecule has 45 heavy (non-hydrogen) atoms. The molecule has 0 N–H and O–H groups in total. The Kier molecular flexibility index (Phi) is 5.67. The molecule has 1 aliphatic rings. The lowest BCUT2D eigenvalue weighted by Crippen LogP contribution is -2.30. The van der Waals surface area contributed by atoms with Crippen molar-refractivity contribution in [2.75, 3.05) is 0 Å². The first-order valence-corrected chi connectivity index (χ1v) is 15.9. The molecule has 9 rings (SSSR count). The second-order valence-electron chi connectivity index (χ2n) is 12.9. The van der Waals surface area contributed by atoms with E-state index in [4.69, 9.17) is 0 Å². The Bertz CT molecular complexity index is 2380. The summed E-state index contributed by atoms with van der Waals surface area (Å²) in [7, 11) is 0. The molecule has 0 spiro atoms. The number of rotatable bonds is 3. The molecule has 0 radical (unpaired) electrons. The van der Waals surface area contributed by atoms with Gasteiger partial charge < -0.3 is 4.57 Å². The average molecular weight is 576 g/mol. The van der Waals surface area contributed by atoms with E-state index in [1.54, 1.807) is 0 Å². The highest BCUT2D eigenvalue weighted by molar-refractivity contribution is 6.22. The summed E-state index contributed by atoms with van der Waals surface area (Å²) in [5.41, 5.74) is 13.0. The third-order valence-electron chi connectivity index (χ3n) is 10.1. The summed E-state index contributed by atoms with van der Waals surface area (Å²) in [6, 6.07) is 58.1. The molecule has 214 valence electrons. The van der Waals surface area contributed by atoms with E-state index in [9.17, 15) is 0 Å². The van der Waals surface area contributed by atoms with Crippen molar-refractivity contribution in [3.63, 3.8) is 0 Å². The molecule has 0 bridgehead atoms. The van der Waals surface area contributed by atoms with Crippen LogP contribution in [0.1, 0.15) is 47.6 Å². The maximum absolute atomic E-state index is 2.49. The zero-order valence-corrected chi connectivity index (χ0v) is 25.5. The van der Waals surface area contributed by atoms with Crippen LogP contribution in [0.4, 0.5) is 0 Å². The molecular weight excluding hydrogens is 542 g/mol. The van der Waals surface area contributed by atoms with Crippen molar-refractivity contribution in [3.8, 4) is 16.8 Å². The molecule has 0 amide bonds. The minimum absolute atomic E-state index is 0.113. The molecule has 0 saturated heterocycles. The lowest BCUT2D eigenvalue weighted by atomic mass is 9.62. The van der Waals surface area contributed by atoms with Gasteiger partial charge >= 0.3 is 0 Å². The summed E-state index contributed by atoms with van der Waals surface area (Å²) >= 11 is 0. The van der Waals surface area contributed by atoms with Crippen molar-refractivity contribution in [3.05, 3.63) is 186 Å². The number of fused-ring (bicyclic) bond motifs is 9. The number of hydrogen-bond acceptors (Lipinski definition) is 0. The van der Waals surface area contributed by atoms with E-state index in [-0.39, 0.29) is 11.3 Å². The van der Waals surface area contributed by atoms with Gasteiger partial charge in [0.2, 0.25) is 0 Å². The van der Waals surface area contributed by atoms with Crippen LogP contribution >= 0.6 is 0 Å². The van der Waals surface area contributed by atoms with Crippen LogP contribution in [0.25, 0.3) is 49.4 Å². The van der Waals surface area contributed by atoms with Gasteiger partial charge in [0.05, 0.1) is 11.0 Å². The van der Waals surface area contributed by atoms with Crippen LogP contribution in [0.3, 0.4) is 0 Å². The van der Waals surface area contributed by atoms with Crippen LogP contribution in [0, 0.1) is 0 Å². The fourth-order valence-electron chi connectivity index (χ4n) is 8.19. The van der Waals surface area contributed by atoms with Crippen molar-refractivity contribution in [2.45, 2.75) is 25.2 Å². The topological polar surface area (TPSA) is 4.93 Å². The maximum atomic E-state index is 2.49. The number of nitrogens with zero attached hydrogens (tertiary/aromatic N) is 1. The van der Waals surface area contributed by atoms with Crippen LogP contribution in [0.5, 0.6) is 0 Å². The molecule has 1 heteroatoms. The van der Waals surface area contributed by atoms with Crippen LogP contribution in [-0.4, -0.2) is 4.57 Å². The summed E-state index contributed by atoms with van der Waals surface area (Å²) < 4.78 is 2.49. The minimum atomic E-state index is -0.208. The molecule has 1 unspecified atom stereocenters. The lowest BCUT2D eigenvalue weighted by molar-refractivity contribution is 0.606. The predicted octanol–water partition coefficient (Wildman–Crippen LogP) is 11.4. The van der Waals surface area contributed by atoms with E-state index in [1.165, 1.54) is 77.2 Å². The fourth-order valence-corrected chi connectivity index (χ4v) is 8.19. The van der Waals surface area contributed by atoms with Crippen LogP contribution in [-0.2, 0) is 5.41 Å². The minimum Gasteiger partial charge on any atom is -0.309 e. The van der Waals surface area contributed by atoms with Gasteiger partial charge in [-0.3, -0.25) is 0 Å². The Hall–Kier alpha value is -5.40. The number of aromatic nitrogens is 1. The molecular formula is C44H33N. The summed E-state index contributed by atoms with van der Waals surface area (Å²) in [4.78, 5) is 0. The zero-order valence-electron chi connectivity index (χ0n) is 25.5. The van der Waals surface area contributed by atoms with Crippen molar-refractivity contribution in [1.82, 2.24) is 4.57 Å². The fraction of sp³-hybridized carbons (Fsp3) is 0.0909. The highest BCUT2D eigenvalue weighted by Crippen LogP contribution is 2.55. The molecule has 0 aliphatic heterocycles. The predicted molar refractivity (Wildman–Crippen MR) is 190 cm³/mol. The smallest absolute Gasteiger partial charge is 0.0622 e. The van der Waals surface area contributed by atoms with E-state index in [0.717, 1.165) is 0 Å². The van der Waals surface area contributed by atoms with Gasteiger partial charge in [-0.05, 0) is 62.5 Å². The van der Waals surface area contributed by atoms with E-state index >= 15 is 0 Å². The quantitative estimate of drug-likeness (QED) is 0.197. The lowest BCUT2D eigenvalue weighted by Gasteiger charge is -2.41. The van der Waals surface area contributed by atoms with Gasteiger partial charge in [0, 0.05) is 33.2 Å². The Morgan fingerprint density at radius 1 is 0.511 bits per heavy atom. The normalized spacial score (nSPS) is 15.3. The molecule has 1 aromatic heterocycles. The second kappa shape index (κ2) is 9.81. The Morgan fingerprint density at radius 3 is 1.84 bits per heavy atom. The average Bonchev–Trinajstić information content (AvgIpc) is 3.44. The SMILES string of the molecule is CC1(C)c2ccccc2C(c2ccc(-c3ccccc3)cc2)c2c1c1c3ccccc3n(-c3ccccc3)c1c1ccccc21. The van der Waals surface area contributed by atoms with E-state index in [1.807, 2.05) is 0 Å². The third-order valence-corrected chi connectivity index (χ3v) is 10.1. The van der Waals surface area contributed by atoms with Crippen molar-refractivity contribution < 1.29 is 0 Å². The molecule has 0 saturated carbocycles. The summed E-state index contributed by atoms with van der Waals surface area (Å²) in [5, 5.41) is 5.31. The van der Waals surface area contributed by atoms with Crippen molar-refractivity contribution in [2.24, 2.45) is 0 Å². The maximum Gasteiger partial charge on any atom is 0.0622 e. The molecule has 1 heterocycles. The van der Waals surface area contributed by atoms with Gasteiger partial charge in [-0.2, -0.15) is 0 Å². The summed E-state index contributed by atoms with van der Waals surface area (Å²) in [6.07, 6.45) is 0. The van der Waals surface area contributed by atoms with Gasteiger partial charge in [-0.25, -0.2) is 0 Å². The van der Waals surface area contributed by atoms with Crippen molar-refractivity contribution >= 4 is 32.6 Å². The first-order valence-electron chi connectivity index (χ1n) is 15.9. The van der Waals surface area contributed by atoms with Gasteiger partial charge in [0.1, 0.15) is 0 Å². The van der Waals surface area contributed by atoms with E-state index in [0.29, 0.717) is 0 Å². The van der Waals surface area contributed by atoms with Crippen LogP contribution < -0.4 is 0 Å². The molecule has 7 aromatic carbocycles. The Morgan fingerprint density at radius 2 is 1.09 bits per heavy atom. The Balaban J connectivity index is 1.44. The summed E-state index contributed by atoms with van der Waals surface area (Å²) in [5.74, 6) is 0.113. The zero-order chi connectivity index (χ0) is 30.1. The van der Waals surface area contributed by atoms with Gasteiger partial charge in [-0.15, -0.1) is 0 Å². The standard InChI is InChI=1S/C44H33N/c1-44(2)37-23-13-11-21-35(37)39(31-27-25-30(26-28-31)29-15-5-3-6-16-29)40-33-19-9-10-20-34(33)43-41(42(40)44)36-22-12-14-24-38(36)45(43)32-17-7-4-8-18-32/h3-28,39H,1-2H3. The monoisotopic (exact) mass is 575 g/mol. The number of benzene rings is 7. The molecule has 1 nitrogen and oxygen atoms in total. The second-order valence-corrected chi connectivity index (χ2v) is 12.9. The van der Waals surface area contributed by atoms with E-state index in [2.05, 4.69) is 176 Å². The van der Waals surface area contributed by atoms with E-state index < -0.39 is 0 Å². The molecule has 8 aromatic rings. The molecule has 0 fully saturated rings. The highest BCUT2D eigenvalue weighted by Gasteiger charge is 2.41. The largest absolute Gasteiger partial charge is 0.309 e. The first kappa shape index (κ1) is 26.0. The van der Waals surface area contributed by atoms with Gasteiger partial charge in [-0.1, -0.05) is 153 Å². The first-order chi connectivity index (χ1) is 22.1. The number of para-hydroxylation sites is 2. The number of hydrogen-bond donors (Lipinski definition) is 0. The molecule has 1 atom stereocenters.